The summed E-state index contributed by atoms with van der Waals surface area (Å²) in [5.74, 6) is -1.12. The van der Waals surface area contributed by atoms with Gasteiger partial charge < -0.3 is 10.4 Å². The van der Waals surface area contributed by atoms with Gasteiger partial charge in [0, 0.05) is 17.8 Å². The number of nitro benzene ring substituents is 2. The van der Waals surface area contributed by atoms with Crippen molar-refractivity contribution in [2.75, 3.05) is 5.32 Å². The maximum absolute atomic E-state index is 12.5. The SMILES string of the molecule is CC(=NNC(=O)CC1(O)CCCCC1)c1ccc(NC(=O)c2cc([N+](=O)[O-])cc([N+](=O)[O-])c2)cc1. The maximum atomic E-state index is 12.5. The molecule has 2 amide bonds. The van der Waals surface area contributed by atoms with Crippen molar-refractivity contribution in [3.63, 3.8) is 0 Å². The number of nitrogens with one attached hydrogen (secondary N) is 2. The molecule has 0 aliphatic heterocycles. The molecule has 1 aliphatic carbocycles. The Morgan fingerprint density at radius 1 is 0.971 bits per heavy atom. The predicted molar refractivity (Wildman–Crippen MR) is 127 cm³/mol. The van der Waals surface area contributed by atoms with Crippen molar-refractivity contribution in [1.82, 2.24) is 5.43 Å². The second-order valence-electron chi connectivity index (χ2n) is 8.48. The van der Waals surface area contributed by atoms with E-state index in [1.807, 2.05) is 0 Å². The van der Waals surface area contributed by atoms with Gasteiger partial charge in [-0.15, -0.1) is 0 Å². The molecule has 1 fully saturated rings. The molecule has 0 radical (unpaired) electrons. The van der Waals surface area contributed by atoms with Crippen LogP contribution in [0.5, 0.6) is 0 Å². The highest BCUT2D eigenvalue weighted by Crippen LogP contribution is 2.30. The first-order chi connectivity index (χ1) is 16.6. The third-order valence-corrected chi connectivity index (χ3v) is 5.77. The van der Waals surface area contributed by atoms with E-state index < -0.39 is 32.7 Å². The van der Waals surface area contributed by atoms with E-state index in [-0.39, 0.29) is 17.9 Å². The molecule has 3 N–H and O–H groups in total. The Hall–Kier alpha value is -4.19. The summed E-state index contributed by atoms with van der Waals surface area (Å²) in [4.78, 5) is 45.1. The fraction of sp³-hybridized carbons (Fsp3) is 0.348. The first-order valence-corrected chi connectivity index (χ1v) is 11.0. The fourth-order valence-corrected chi connectivity index (χ4v) is 3.87. The van der Waals surface area contributed by atoms with Crippen molar-refractivity contribution in [1.29, 1.82) is 0 Å². The van der Waals surface area contributed by atoms with E-state index in [9.17, 15) is 34.9 Å². The summed E-state index contributed by atoms with van der Waals surface area (Å²) >= 11 is 0. The van der Waals surface area contributed by atoms with E-state index in [0.29, 0.717) is 29.8 Å². The average Bonchev–Trinajstić information content (AvgIpc) is 2.82. The van der Waals surface area contributed by atoms with Crippen LogP contribution in [0, 0.1) is 20.2 Å². The number of nitro groups is 2. The number of hydrogen-bond donors (Lipinski definition) is 3. The minimum Gasteiger partial charge on any atom is -0.389 e. The Morgan fingerprint density at radius 2 is 1.54 bits per heavy atom. The minimum atomic E-state index is -0.981. The summed E-state index contributed by atoms with van der Waals surface area (Å²) in [6.07, 6.45) is 4.04. The van der Waals surface area contributed by atoms with Crippen LogP contribution in [0.1, 0.15) is 61.4 Å². The van der Waals surface area contributed by atoms with Crippen LogP contribution in [0.15, 0.2) is 47.6 Å². The van der Waals surface area contributed by atoms with Crippen molar-refractivity contribution in [2.24, 2.45) is 5.10 Å². The molecule has 0 spiro atoms. The highest BCUT2D eigenvalue weighted by atomic mass is 16.6. The van der Waals surface area contributed by atoms with E-state index >= 15 is 0 Å². The zero-order valence-corrected chi connectivity index (χ0v) is 19.0. The maximum Gasteiger partial charge on any atom is 0.277 e. The van der Waals surface area contributed by atoms with Gasteiger partial charge in [0.25, 0.3) is 17.3 Å². The largest absolute Gasteiger partial charge is 0.389 e. The van der Waals surface area contributed by atoms with Crippen LogP contribution in [0.25, 0.3) is 0 Å². The molecule has 0 atom stereocenters. The Morgan fingerprint density at radius 3 is 2.09 bits per heavy atom. The molecule has 184 valence electrons. The molecule has 0 heterocycles. The molecular formula is C23H25N5O7. The summed E-state index contributed by atoms with van der Waals surface area (Å²) in [7, 11) is 0. The molecule has 3 rings (SSSR count). The van der Waals surface area contributed by atoms with Gasteiger partial charge >= 0.3 is 0 Å². The van der Waals surface area contributed by atoms with E-state index in [4.69, 9.17) is 0 Å². The van der Waals surface area contributed by atoms with Crippen LogP contribution in [0.2, 0.25) is 0 Å². The quantitative estimate of drug-likeness (QED) is 0.291. The van der Waals surface area contributed by atoms with E-state index in [2.05, 4.69) is 15.8 Å². The lowest BCUT2D eigenvalue weighted by Gasteiger charge is -2.31. The monoisotopic (exact) mass is 483 g/mol. The second-order valence-corrected chi connectivity index (χ2v) is 8.48. The Balaban J connectivity index is 1.63. The number of rotatable bonds is 8. The Labute approximate surface area is 200 Å². The van der Waals surface area contributed by atoms with Gasteiger partial charge in [-0.3, -0.25) is 29.8 Å². The highest BCUT2D eigenvalue weighted by Gasteiger charge is 2.31. The van der Waals surface area contributed by atoms with Crippen LogP contribution in [-0.2, 0) is 4.79 Å². The normalized spacial score (nSPS) is 15.2. The Bertz CT molecular complexity index is 1140. The predicted octanol–water partition coefficient (Wildman–Crippen LogP) is 3.68. The number of carbonyl (C=O) groups is 2. The van der Waals surface area contributed by atoms with Crippen molar-refractivity contribution < 1.29 is 24.5 Å². The van der Waals surface area contributed by atoms with Crippen LogP contribution >= 0.6 is 0 Å². The number of aliphatic hydroxyl groups is 1. The molecular weight excluding hydrogens is 458 g/mol. The number of hydrogen-bond acceptors (Lipinski definition) is 8. The summed E-state index contributed by atoms with van der Waals surface area (Å²) in [5.41, 5.74) is 1.63. The molecule has 1 aliphatic rings. The zero-order valence-electron chi connectivity index (χ0n) is 19.0. The summed E-state index contributed by atoms with van der Waals surface area (Å²) in [6.45, 7) is 1.69. The highest BCUT2D eigenvalue weighted by molar-refractivity contribution is 6.05. The van der Waals surface area contributed by atoms with E-state index in [1.54, 1.807) is 31.2 Å². The molecule has 35 heavy (non-hydrogen) atoms. The van der Waals surface area contributed by atoms with Gasteiger partial charge in [-0.2, -0.15) is 5.10 Å². The third kappa shape index (κ3) is 6.90. The molecule has 2 aromatic carbocycles. The van der Waals surface area contributed by atoms with Gasteiger partial charge in [-0.1, -0.05) is 31.4 Å². The fourth-order valence-electron chi connectivity index (χ4n) is 3.87. The second kappa shape index (κ2) is 10.8. The lowest BCUT2D eigenvalue weighted by molar-refractivity contribution is -0.394. The molecule has 0 unspecified atom stereocenters. The Kier molecular flexibility index (Phi) is 7.87. The van der Waals surface area contributed by atoms with Gasteiger partial charge in [0.2, 0.25) is 5.91 Å². The van der Waals surface area contributed by atoms with Gasteiger partial charge in [-0.25, -0.2) is 5.43 Å². The molecule has 2 aromatic rings. The lowest BCUT2D eigenvalue weighted by Crippen LogP contribution is -2.37. The minimum absolute atomic E-state index is 0.00937. The number of non-ortho nitro benzene ring substituents is 2. The van der Waals surface area contributed by atoms with Crippen LogP contribution in [0.3, 0.4) is 0 Å². The van der Waals surface area contributed by atoms with E-state index in [0.717, 1.165) is 37.5 Å². The number of benzene rings is 2. The number of carbonyl (C=O) groups excluding carboxylic acids is 2. The topological polar surface area (TPSA) is 177 Å². The first kappa shape index (κ1) is 25.4. The van der Waals surface area contributed by atoms with Gasteiger partial charge in [0.15, 0.2) is 0 Å². The summed E-state index contributed by atoms with van der Waals surface area (Å²) in [6, 6.07) is 9.10. The van der Waals surface area contributed by atoms with Crippen molar-refractivity contribution in [2.45, 2.75) is 51.0 Å². The molecule has 0 saturated heterocycles. The number of amides is 2. The molecule has 0 aromatic heterocycles. The number of hydrazone groups is 1. The first-order valence-electron chi connectivity index (χ1n) is 11.0. The van der Waals surface area contributed by atoms with Crippen molar-refractivity contribution in [3.05, 3.63) is 73.8 Å². The summed E-state index contributed by atoms with van der Waals surface area (Å²) in [5, 5.41) is 39.1. The molecule has 0 bridgehead atoms. The van der Waals surface area contributed by atoms with E-state index in [1.165, 1.54) is 0 Å². The van der Waals surface area contributed by atoms with Gasteiger partial charge in [0.1, 0.15) is 0 Å². The standard InChI is InChI=1S/C23H25N5O7/c1-15(25-26-21(29)14-23(31)9-3-2-4-10-23)16-5-7-18(8-6-16)24-22(30)17-11-19(27(32)33)13-20(12-17)28(34)35/h5-8,11-13,31H,2-4,9-10,14H2,1H3,(H,24,30)(H,26,29). The van der Waals surface area contributed by atoms with Crippen molar-refractivity contribution in [3.8, 4) is 0 Å². The molecule has 12 nitrogen and oxygen atoms in total. The average molecular weight is 483 g/mol. The van der Waals surface area contributed by atoms with Crippen LogP contribution < -0.4 is 10.7 Å². The molecule has 12 heteroatoms. The van der Waals surface area contributed by atoms with Gasteiger partial charge in [-0.05, 0) is 37.5 Å². The molecule has 1 saturated carbocycles. The van der Waals surface area contributed by atoms with Crippen molar-refractivity contribution >= 4 is 34.6 Å². The zero-order chi connectivity index (χ0) is 25.6. The van der Waals surface area contributed by atoms with Gasteiger partial charge in [0.05, 0.1) is 39.2 Å². The van der Waals surface area contributed by atoms with Crippen LogP contribution in [-0.4, -0.2) is 38.1 Å². The number of nitrogens with zero attached hydrogens (tertiary/aromatic N) is 3. The lowest BCUT2D eigenvalue weighted by atomic mass is 9.82. The third-order valence-electron chi connectivity index (χ3n) is 5.77. The number of anilines is 1. The smallest absolute Gasteiger partial charge is 0.277 e. The summed E-state index contributed by atoms with van der Waals surface area (Å²) < 4.78 is 0. The van der Waals surface area contributed by atoms with Crippen LogP contribution in [0.4, 0.5) is 17.1 Å².